The zero-order chi connectivity index (χ0) is 45.3. The van der Waals surface area contributed by atoms with Gasteiger partial charge in [0.1, 0.15) is 11.2 Å². The lowest BCUT2D eigenvalue weighted by Gasteiger charge is -2.28. The zero-order valence-electron chi connectivity index (χ0n) is 37.7. The van der Waals surface area contributed by atoms with Crippen LogP contribution in [0.1, 0.15) is 11.1 Å². The molecule has 0 spiro atoms. The Bertz CT molecular complexity index is 3780. The van der Waals surface area contributed by atoms with Crippen LogP contribution in [0.25, 0.3) is 87.7 Å². The highest BCUT2D eigenvalue weighted by Crippen LogP contribution is 2.45. The molecule has 2 heterocycles. The van der Waals surface area contributed by atoms with Crippen molar-refractivity contribution in [2.75, 3.05) is 9.80 Å². The van der Waals surface area contributed by atoms with Crippen LogP contribution in [-0.2, 0) is 0 Å². The van der Waals surface area contributed by atoms with Gasteiger partial charge in [0, 0.05) is 55.7 Å². The number of para-hydroxylation sites is 2. The van der Waals surface area contributed by atoms with Gasteiger partial charge in [-0.1, -0.05) is 133 Å². The third kappa shape index (κ3) is 6.68. The maximum absolute atomic E-state index is 6.84. The highest BCUT2D eigenvalue weighted by molar-refractivity contribution is 6.21. The van der Waals surface area contributed by atoms with Crippen molar-refractivity contribution in [3.63, 3.8) is 0 Å². The third-order valence-corrected chi connectivity index (χ3v) is 13.6. The molecule has 322 valence electrons. The maximum Gasteiger partial charge on any atom is 0.178 e. The van der Waals surface area contributed by atoms with E-state index in [1.807, 2.05) is 0 Å². The number of fused-ring (bicyclic) bond motifs is 9. The first kappa shape index (κ1) is 39.5. The predicted octanol–water partition coefficient (Wildman–Crippen LogP) is 18.7. The van der Waals surface area contributed by atoms with E-state index >= 15 is 0 Å². The molecule has 11 aromatic carbocycles. The maximum atomic E-state index is 6.84. The van der Waals surface area contributed by atoms with Crippen molar-refractivity contribution >= 4 is 99.5 Å². The van der Waals surface area contributed by atoms with Crippen LogP contribution in [0.15, 0.2) is 239 Å². The van der Waals surface area contributed by atoms with E-state index in [0.29, 0.717) is 0 Å². The minimum atomic E-state index is 0.761. The molecule has 0 saturated heterocycles. The summed E-state index contributed by atoms with van der Waals surface area (Å²) < 4.78 is 13.7. The van der Waals surface area contributed by atoms with E-state index < -0.39 is 0 Å². The van der Waals surface area contributed by atoms with Crippen molar-refractivity contribution in [2.45, 2.75) is 13.8 Å². The Labute approximate surface area is 394 Å². The lowest BCUT2D eigenvalue weighted by atomic mass is 10.0. The molecule has 4 heteroatoms. The molecule has 68 heavy (non-hydrogen) atoms. The van der Waals surface area contributed by atoms with E-state index in [1.54, 1.807) is 0 Å². The highest BCUT2D eigenvalue weighted by atomic mass is 16.4. The average molecular weight is 873 g/mol. The quantitative estimate of drug-likeness (QED) is 0.152. The topological polar surface area (TPSA) is 32.8 Å². The van der Waals surface area contributed by atoms with Gasteiger partial charge in [-0.2, -0.15) is 0 Å². The van der Waals surface area contributed by atoms with E-state index in [9.17, 15) is 0 Å². The predicted molar refractivity (Wildman–Crippen MR) is 286 cm³/mol. The van der Waals surface area contributed by atoms with Gasteiger partial charge in [-0.15, -0.1) is 0 Å². The Kier molecular flexibility index (Phi) is 9.26. The first-order valence-electron chi connectivity index (χ1n) is 23.2. The van der Waals surface area contributed by atoms with Gasteiger partial charge in [0.2, 0.25) is 0 Å². The second-order valence-corrected chi connectivity index (χ2v) is 17.9. The zero-order valence-corrected chi connectivity index (χ0v) is 37.7. The summed E-state index contributed by atoms with van der Waals surface area (Å²) >= 11 is 0. The van der Waals surface area contributed by atoms with Crippen LogP contribution in [0.5, 0.6) is 0 Å². The second-order valence-electron chi connectivity index (χ2n) is 17.9. The summed E-state index contributed by atoms with van der Waals surface area (Å²) in [6, 6.07) is 82.6. The molecule has 0 amide bonds. The van der Waals surface area contributed by atoms with Gasteiger partial charge in [-0.3, -0.25) is 0 Å². The van der Waals surface area contributed by atoms with Gasteiger partial charge in [0.25, 0.3) is 0 Å². The van der Waals surface area contributed by atoms with Gasteiger partial charge in [0.05, 0.1) is 0 Å². The van der Waals surface area contributed by atoms with Gasteiger partial charge in [0.15, 0.2) is 11.2 Å². The molecule has 0 bridgehead atoms. The monoisotopic (exact) mass is 872 g/mol. The lowest BCUT2D eigenvalue weighted by Crippen LogP contribution is -2.11. The summed E-state index contributed by atoms with van der Waals surface area (Å²) in [6.07, 6.45) is 0. The molecule has 0 aliphatic heterocycles. The number of aryl methyl sites for hydroxylation is 2. The first-order chi connectivity index (χ1) is 33.5. The summed E-state index contributed by atoms with van der Waals surface area (Å²) in [6.45, 7) is 4.37. The number of hydrogen-bond donors (Lipinski definition) is 0. The molecular weight excluding hydrogens is 829 g/mol. The summed E-state index contributed by atoms with van der Waals surface area (Å²) in [5.41, 5.74) is 16.9. The van der Waals surface area contributed by atoms with Crippen LogP contribution in [-0.4, -0.2) is 0 Å². The molecule has 2 aromatic heterocycles. The van der Waals surface area contributed by atoms with Crippen molar-refractivity contribution in [3.05, 3.63) is 242 Å². The van der Waals surface area contributed by atoms with E-state index in [-0.39, 0.29) is 0 Å². The van der Waals surface area contributed by atoms with Crippen molar-refractivity contribution < 1.29 is 8.83 Å². The molecule has 0 N–H and O–H groups in total. The molecular formula is C64H44N2O2. The fraction of sp³-hybridized carbons (Fsp3) is 0.0312. The number of anilines is 6. The second kappa shape index (κ2) is 15.9. The average Bonchev–Trinajstić information content (AvgIpc) is 3.94. The minimum absolute atomic E-state index is 0.761. The molecule has 0 atom stereocenters. The number of nitrogens with zero attached hydrogens (tertiary/aromatic N) is 2. The standard InChI is InChI=1S/C64H44N2O2/c1-41-23-25-47(43-15-7-3-8-16-43)37-59(41)65(51-19-11-5-12-20-51)53-29-27-45-35-57-55-31-32-56-58-36-46-28-30-54(34-50(46)40-62(58)68-64(56)63(55)67-61(57)39-49(45)33-53)66(52-21-13-6-14-22-52)60-38-48(26-24-42(60)2)44-17-9-4-10-18-44/h3-40H,1-2H3. The van der Waals surface area contributed by atoms with Crippen LogP contribution in [0, 0.1) is 13.8 Å². The summed E-state index contributed by atoms with van der Waals surface area (Å²) in [5.74, 6) is 0. The fourth-order valence-corrected chi connectivity index (χ4v) is 10.1. The van der Waals surface area contributed by atoms with Gasteiger partial charge < -0.3 is 18.6 Å². The smallest absolute Gasteiger partial charge is 0.178 e. The number of hydrogen-bond acceptors (Lipinski definition) is 4. The molecule has 0 fully saturated rings. The van der Waals surface area contributed by atoms with Crippen LogP contribution in [0.3, 0.4) is 0 Å². The summed E-state index contributed by atoms with van der Waals surface area (Å²) in [7, 11) is 0. The van der Waals surface area contributed by atoms with Crippen molar-refractivity contribution in [1.82, 2.24) is 0 Å². The molecule has 13 aromatic rings. The van der Waals surface area contributed by atoms with Crippen molar-refractivity contribution in [3.8, 4) is 22.3 Å². The Balaban J connectivity index is 0.912. The Morgan fingerprint density at radius 3 is 1.09 bits per heavy atom. The number of rotatable bonds is 8. The van der Waals surface area contributed by atoms with Crippen LogP contribution >= 0.6 is 0 Å². The van der Waals surface area contributed by atoms with Crippen LogP contribution in [0.2, 0.25) is 0 Å². The number of furan rings is 2. The Morgan fingerprint density at radius 1 is 0.279 bits per heavy atom. The van der Waals surface area contributed by atoms with Crippen LogP contribution in [0.4, 0.5) is 34.1 Å². The molecule has 13 rings (SSSR count). The highest BCUT2D eigenvalue weighted by Gasteiger charge is 2.21. The van der Waals surface area contributed by atoms with Crippen LogP contribution < -0.4 is 9.80 Å². The van der Waals surface area contributed by atoms with E-state index in [0.717, 1.165) is 99.5 Å². The number of benzene rings is 11. The van der Waals surface area contributed by atoms with Crippen molar-refractivity contribution in [2.24, 2.45) is 0 Å². The lowest BCUT2D eigenvalue weighted by molar-refractivity contribution is 0.634. The van der Waals surface area contributed by atoms with Crippen molar-refractivity contribution in [1.29, 1.82) is 0 Å². The molecule has 0 aliphatic carbocycles. The molecule has 0 radical (unpaired) electrons. The largest absolute Gasteiger partial charge is 0.452 e. The van der Waals surface area contributed by atoms with E-state index in [4.69, 9.17) is 8.83 Å². The third-order valence-electron chi connectivity index (χ3n) is 13.6. The SMILES string of the molecule is Cc1ccc(-c2ccccc2)cc1N(c1ccccc1)c1ccc2cc3c(cc2c1)oc1c3ccc2c3cc4ccc(N(c5ccccc5)c5cc(-c6ccccc6)ccc5C)cc4cc3oc21. The van der Waals surface area contributed by atoms with E-state index in [1.165, 1.54) is 33.4 Å². The Hall–Kier alpha value is -8.86. The van der Waals surface area contributed by atoms with Gasteiger partial charge >= 0.3 is 0 Å². The molecule has 0 saturated carbocycles. The minimum Gasteiger partial charge on any atom is -0.452 e. The summed E-state index contributed by atoms with van der Waals surface area (Å²) in [5, 5.41) is 8.69. The molecule has 0 aliphatic rings. The first-order valence-corrected chi connectivity index (χ1v) is 23.2. The van der Waals surface area contributed by atoms with Gasteiger partial charge in [-0.05, 0) is 166 Å². The van der Waals surface area contributed by atoms with Gasteiger partial charge in [-0.25, -0.2) is 0 Å². The van der Waals surface area contributed by atoms with E-state index in [2.05, 4.69) is 254 Å². The fourth-order valence-electron chi connectivity index (χ4n) is 10.1. The molecule has 4 nitrogen and oxygen atoms in total. The Morgan fingerprint density at radius 2 is 0.676 bits per heavy atom. The molecule has 0 unspecified atom stereocenters. The summed E-state index contributed by atoms with van der Waals surface area (Å²) in [4.78, 5) is 4.72. The normalized spacial score (nSPS) is 11.7.